The number of nitriles is 1. The fraction of sp³-hybridized carbons (Fsp3) is 0.0526. The molecule has 1 amide bonds. The van der Waals surface area contributed by atoms with Crippen molar-refractivity contribution in [2.24, 2.45) is 5.92 Å². The number of benzene rings is 1. The number of ketones is 1. The van der Waals surface area contributed by atoms with Gasteiger partial charge in [-0.25, -0.2) is 9.37 Å². The van der Waals surface area contributed by atoms with E-state index in [1.54, 1.807) is 47.3 Å². The van der Waals surface area contributed by atoms with Gasteiger partial charge in [-0.2, -0.15) is 5.26 Å². The normalized spacial score (nSPS) is 11.4. The van der Waals surface area contributed by atoms with Crippen LogP contribution in [-0.2, 0) is 4.79 Å². The maximum Gasteiger partial charge on any atom is 0.250 e. The molecule has 128 valence electrons. The Balaban J connectivity index is 1.81. The minimum Gasteiger partial charge on any atom is -0.321 e. The Hall–Kier alpha value is -3.79. The van der Waals surface area contributed by atoms with E-state index >= 15 is 0 Å². The molecule has 7 heteroatoms. The molecule has 0 bridgehead atoms. The van der Waals surface area contributed by atoms with Gasteiger partial charge in [-0.3, -0.25) is 9.59 Å². The summed E-state index contributed by atoms with van der Waals surface area (Å²) in [5.74, 6) is -3.60. The first-order chi connectivity index (χ1) is 12.6. The number of halogens is 1. The van der Waals surface area contributed by atoms with Crippen LogP contribution in [0.1, 0.15) is 10.4 Å². The lowest BCUT2D eigenvalue weighted by Gasteiger charge is -2.10. The second kappa shape index (κ2) is 7.40. The molecule has 0 saturated heterocycles. The molecule has 0 fully saturated rings. The molecule has 2 heterocycles. The standard InChI is InChI=1S/C19H13FN4O2/c20-15-11-13(6-7-16(15)24-9-3-4-10-24)18(25)14(12-21)19(26)23-17-5-1-2-8-22-17/h1-11,14H,(H,22,23,26)/t14-/m1/s1. The minimum absolute atomic E-state index is 0.0545. The molecule has 26 heavy (non-hydrogen) atoms. The van der Waals surface area contributed by atoms with Crippen LogP contribution in [0.5, 0.6) is 0 Å². The van der Waals surface area contributed by atoms with Crippen molar-refractivity contribution in [3.8, 4) is 11.8 Å². The Morgan fingerprint density at radius 2 is 1.92 bits per heavy atom. The van der Waals surface area contributed by atoms with E-state index in [1.807, 2.05) is 0 Å². The lowest BCUT2D eigenvalue weighted by Crippen LogP contribution is -2.29. The van der Waals surface area contributed by atoms with Gasteiger partial charge in [0.05, 0.1) is 11.8 Å². The fourth-order valence-corrected chi connectivity index (χ4v) is 2.40. The van der Waals surface area contributed by atoms with Crippen molar-refractivity contribution in [3.05, 3.63) is 78.5 Å². The van der Waals surface area contributed by atoms with Gasteiger partial charge in [-0.1, -0.05) is 6.07 Å². The molecule has 1 atom stereocenters. The smallest absolute Gasteiger partial charge is 0.250 e. The number of rotatable bonds is 5. The van der Waals surface area contributed by atoms with Crippen molar-refractivity contribution in [2.45, 2.75) is 0 Å². The van der Waals surface area contributed by atoms with E-state index in [9.17, 15) is 19.2 Å². The second-order valence-corrected chi connectivity index (χ2v) is 5.39. The van der Waals surface area contributed by atoms with Gasteiger partial charge in [0, 0.05) is 24.2 Å². The molecule has 3 aromatic rings. The zero-order chi connectivity index (χ0) is 18.5. The quantitative estimate of drug-likeness (QED) is 0.567. The summed E-state index contributed by atoms with van der Waals surface area (Å²) in [7, 11) is 0. The molecule has 0 aliphatic carbocycles. The molecule has 6 nitrogen and oxygen atoms in total. The van der Waals surface area contributed by atoms with Crippen LogP contribution >= 0.6 is 0 Å². The maximum atomic E-state index is 14.3. The highest BCUT2D eigenvalue weighted by Gasteiger charge is 2.28. The molecular weight excluding hydrogens is 335 g/mol. The van der Waals surface area contributed by atoms with Crippen molar-refractivity contribution in [1.82, 2.24) is 9.55 Å². The van der Waals surface area contributed by atoms with Gasteiger partial charge in [0.25, 0.3) is 5.91 Å². The molecule has 1 N–H and O–H groups in total. The molecular formula is C19H13FN4O2. The third-order valence-corrected chi connectivity index (χ3v) is 3.68. The van der Waals surface area contributed by atoms with Gasteiger partial charge in [-0.15, -0.1) is 0 Å². The van der Waals surface area contributed by atoms with E-state index < -0.39 is 23.4 Å². The zero-order valence-electron chi connectivity index (χ0n) is 13.5. The van der Waals surface area contributed by atoms with Crippen LogP contribution in [0, 0.1) is 23.1 Å². The summed E-state index contributed by atoms with van der Waals surface area (Å²) < 4.78 is 15.9. The Morgan fingerprint density at radius 3 is 2.54 bits per heavy atom. The molecule has 0 unspecified atom stereocenters. The topological polar surface area (TPSA) is 87.8 Å². The van der Waals surface area contributed by atoms with Gasteiger partial charge < -0.3 is 9.88 Å². The number of hydrogen-bond donors (Lipinski definition) is 1. The highest BCUT2D eigenvalue weighted by atomic mass is 19.1. The minimum atomic E-state index is -1.60. The number of nitrogens with zero attached hydrogens (tertiary/aromatic N) is 3. The van der Waals surface area contributed by atoms with Crippen LogP contribution in [-0.4, -0.2) is 21.2 Å². The first kappa shape index (κ1) is 17.0. The summed E-state index contributed by atoms with van der Waals surface area (Å²) in [5.41, 5.74) is 0.208. The Bertz CT molecular complexity index is 979. The van der Waals surface area contributed by atoms with Gasteiger partial charge in [0.2, 0.25) is 0 Å². The lowest BCUT2D eigenvalue weighted by atomic mass is 9.97. The van der Waals surface area contributed by atoms with Crippen LogP contribution in [0.15, 0.2) is 67.1 Å². The average Bonchev–Trinajstić information content (AvgIpc) is 3.17. The van der Waals surface area contributed by atoms with Crippen molar-refractivity contribution < 1.29 is 14.0 Å². The fourth-order valence-electron chi connectivity index (χ4n) is 2.40. The summed E-state index contributed by atoms with van der Waals surface area (Å²) in [6.07, 6.45) is 4.80. The van der Waals surface area contributed by atoms with E-state index in [1.165, 1.54) is 24.4 Å². The number of carbonyl (C=O) groups excluding carboxylic acids is 2. The molecule has 3 rings (SSSR count). The van der Waals surface area contributed by atoms with Gasteiger partial charge >= 0.3 is 0 Å². The van der Waals surface area contributed by atoms with Gasteiger partial charge in [0.1, 0.15) is 11.6 Å². The lowest BCUT2D eigenvalue weighted by molar-refractivity contribution is -0.117. The van der Waals surface area contributed by atoms with Gasteiger partial charge in [-0.05, 0) is 42.5 Å². The first-order valence-electron chi connectivity index (χ1n) is 7.69. The third-order valence-electron chi connectivity index (χ3n) is 3.68. The van der Waals surface area contributed by atoms with E-state index in [0.29, 0.717) is 0 Å². The molecule has 0 aliphatic heterocycles. The number of pyridine rings is 1. The predicted octanol–water partition coefficient (Wildman–Crippen LogP) is 2.97. The highest BCUT2D eigenvalue weighted by molar-refractivity contribution is 6.15. The maximum absolute atomic E-state index is 14.3. The molecule has 2 aromatic heterocycles. The average molecular weight is 348 g/mol. The van der Waals surface area contributed by atoms with Crippen molar-refractivity contribution >= 4 is 17.5 Å². The second-order valence-electron chi connectivity index (χ2n) is 5.39. The number of amides is 1. The van der Waals surface area contributed by atoms with E-state index in [2.05, 4.69) is 10.3 Å². The molecule has 1 aromatic carbocycles. The summed E-state index contributed by atoms with van der Waals surface area (Å²) in [5, 5.41) is 11.6. The van der Waals surface area contributed by atoms with Crippen molar-refractivity contribution in [3.63, 3.8) is 0 Å². The monoisotopic (exact) mass is 348 g/mol. The number of hydrogen-bond acceptors (Lipinski definition) is 4. The number of aromatic nitrogens is 2. The van der Waals surface area contributed by atoms with Crippen molar-refractivity contribution in [1.29, 1.82) is 5.26 Å². The summed E-state index contributed by atoms with van der Waals surface area (Å²) in [4.78, 5) is 28.6. The molecule has 0 aliphatic rings. The Labute approximate surface area is 148 Å². The largest absolute Gasteiger partial charge is 0.321 e. The predicted molar refractivity (Wildman–Crippen MR) is 92.0 cm³/mol. The summed E-state index contributed by atoms with van der Waals surface area (Å²) in [6, 6.07) is 13.8. The Morgan fingerprint density at radius 1 is 1.15 bits per heavy atom. The first-order valence-corrected chi connectivity index (χ1v) is 7.69. The van der Waals surface area contributed by atoms with Crippen LogP contribution < -0.4 is 5.32 Å². The van der Waals surface area contributed by atoms with E-state index in [-0.39, 0.29) is 17.1 Å². The zero-order valence-corrected chi connectivity index (χ0v) is 13.5. The van der Waals surface area contributed by atoms with Crippen molar-refractivity contribution in [2.75, 3.05) is 5.32 Å². The van der Waals surface area contributed by atoms with E-state index in [4.69, 9.17) is 0 Å². The number of anilines is 1. The Kier molecular flexibility index (Phi) is 4.85. The van der Waals surface area contributed by atoms with Crippen LogP contribution in [0.25, 0.3) is 5.69 Å². The van der Waals surface area contributed by atoms with E-state index in [0.717, 1.165) is 6.07 Å². The molecule has 0 radical (unpaired) electrons. The molecule has 0 spiro atoms. The molecule has 0 saturated carbocycles. The number of nitrogens with one attached hydrogen (secondary N) is 1. The number of carbonyl (C=O) groups is 2. The van der Waals surface area contributed by atoms with Crippen LogP contribution in [0.4, 0.5) is 10.2 Å². The third kappa shape index (κ3) is 3.49. The summed E-state index contributed by atoms with van der Waals surface area (Å²) in [6.45, 7) is 0. The summed E-state index contributed by atoms with van der Waals surface area (Å²) >= 11 is 0. The van der Waals surface area contributed by atoms with Crippen LogP contribution in [0.2, 0.25) is 0 Å². The number of Topliss-reactive ketones (excluding diaryl/α,β-unsaturated/α-hetero) is 1. The van der Waals surface area contributed by atoms with Gasteiger partial charge in [0.15, 0.2) is 11.7 Å². The highest BCUT2D eigenvalue weighted by Crippen LogP contribution is 2.18. The van der Waals surface area contributed by atoms with Crippen LogP contribution in [0.3, 0.4) is 0 Å². The SMILES string of the molecule is N#C[C@@H](C(=O)Nc1ccccn1)C(=O)c1ccc(-n2cccc2)c(F)c1.